The Labute approximate surface area is 249 Å². The van der Waals surface area contributed by atoms with Crippen LogP contribution in [0.4, 0.5) is 9.80 Å². The van der Waals surface area contributed by atoms with Crippen LogP contribution in [0.25, 0.3) is 0 Å². The number of benzene rings is 2. The maximum absolute atomic E-state index is 13.3. The average molecular weight is 610 g/mol. The minimum Gasteiger partial charge on any atom is -0.351 e. The number of nitrogens with zero attached hydrogens (tertiary/aromatic N) is 2. The molecule has 222 valence electrons. The summed E-state index contributed by atoms with van der Waals surface area (Å²) in [5.41, 5.74) is 7.66. The molecule has 0 spiro atoms. The maximum Gasteiger partial charge on any atom is 0.319 e. The lowest BCUT2D eigenvalue weighted by atomic mass is 9.94. The van der Waals surface area contributed by atoms with Crippen LogP contribution in [-0.2, 0) is 29.5 Å². The summed E-state index contributed by atoms with van der Waals surface area (Å²) in [4.78, 5) is 41.1. The van der Waals surface area contributed by atoms with Crippen LogP contribution in [0.15, 0.2) is 59.5 Å². The molecule has 10 nitrogen and oxygen atoms in total. The van der Waals surface area contributed by atoms with Crippen molar-refractivity contribution in [2.75, 3.05) is 25.0 Å². The number of urea groups is 1. The molecule has 0 aliphatic carbocycles. The first kappa shape index (κ1) is 29.9. The lowest BCUT2D eigenvalue weighted by Gasteiger charge is -2.34. The number of anilines is 1. The van der Waals surface area contributed by atoms with E-state index in [1.807, 2.05) is 32.0 Å². The zero-order valence-electron chi connectivity index (χ0n) is 23.6. The number of primary amides is 1. The Morgan fingerprint density at radius 3 is 2.29 bits per heavy atom. The van der Waals surface area contributed by atoms with Gasteiger partial charge in [0.2, 0.25) is 10.0 Å². The molecule has 1 fully saturated rings. The number of nitrogens with one attached hydrogen (secondary N) is 2. The van der Waals surface area contributed by atoms with Gasteiger partial charge in [0.1, 0.15) is 5.00 Å². The predicted octanol–water partition coefficient (Wildman–Crippen LogP) is 4.03. The SMILES string of the molecule is CC1CC(C)CN(S(=O)(=O)c2ccc(C(=O)Nc3sc4c(c3C(=O)NC(N)=O)CCN(Cc3ccccc3)C4)cc2)C1. The van der Waals surface area contributed by atoms with Gasteiger partial charge < -0.3 is 11.1 Å². The van der Waals surface area contributed by atoms with Crippen LogP contribution in [0.3, 0.4) is 0 Å². The van der Waals surface area contributed by atoms with E-state index in [9.17, 15) is 22.8 Å². The van der Waals surface area contributed by atoms with Crippen molar-refractivity contribution in [1.82, 2.24) is 14.5 Å². The Bertz CT molecular complexity index is 1580. The van der Waals surface area contributed by atoms with Gasteiger partial charge in [0.25, 0.3) is 11.8 Å². The fourth-order valence-corrected chi connectivity index (χ4v) is 8.80. The largest absolute Gasteiger partial charge is 0.351 e. The number of carbonyl (C=O) groups is 3. The first-order valence-corrected chi connectivity index (χ1v) is 16.2. The first-order chi connectivity index (χ1) is 20.0. The molecular weight excluding hydrogens is 574 g/mol. The number of carbonyl (C=O) groups excluding carboxylic acids is 3. The Balaban J connectivity index is 1.35. The van der Waals surface area contributed by atoms with E-state index in [1.165, 1.54) is 45.5 Å². The summed E-state index contributed by atoms with van der Waals surface area (Å²) in [6.45, 7) is 7.07. The van der Waals surface area contributed by atoms with Gasteiger partial charge in [0, 0.05) is 43.2 Å². The summed E-state index contributed by atoms with van der Waals surface area (Å²) < 4.78 is 28.0. The number of rotatable bonds is 7. The van der Waals surface area contributed by atoms with Crippen molar-refractivity contribution in [3.8, 4) is 0 Å². The van der Waals surface area contributed by atoms with Crippen molar-refractivity contribution in [2.45, 2.75) is 44.7 Å². The smallest absolute Gasteiger partial charge is 0.319 e. The number of nitrogens with two attached hydrogens (primary N) is 1. The summed E-state index contributed by atoms with van der Waals surface area (Å²) in [6.07, 6.45) is 1.55. The maximum atomic E-state index is 13.3. The van der Waals surface area contributed by atoms with Crippen molar-refractivity contribution in [3.05, 3.63) is 81.7 Å². The van der Waals surface area contributed by atoms with Crippen LogP contribution in [0.2, 0.25) is 0 Å². The molecule has 3 aromatic rings. The molecule has 4 N–H and O–H groups in total. The Kier molecular flexibility index (Phi) is 8.78. The van der Waals surface area contributed by atoms with Gasteiger partial charge in [-0.2, -0.15) is 4.31 Å². The Morgan fingerprint density at radius 2 is 1.64 bits per heavy atom. The van der Waals surface area contributed by atoms with E-state index < -0.39 is 27.9 Å². The summed E-state index contributed by atoms with van der Waals surface area (Å²) >= 11 is 1.29. The van der Waals surface area contributed by atoms with E-state index >= 15 is 0 Å². The molecule has 5 rings (SSSR count). The number of sulfonamides is 1. The second-order valence-corrected chi connectivity index (χ2v) is 14.3. The predicted molar refractivity (Wildman–Crippen MR) is 162 cm³/mol. The fraction of sp³-hybridized carbons (Fsp3) is 0.367. The molecule has 0 radical (unpaired) electrons. The van der Waals surface area contributed by atoms with Crippen molar-refractivity contribution in [3.63, 3.8) is 0 Å². The van der Waals surface area contributed by atoms with Crippen molar-refractivity contribution >= 4 is 44.2 Å². The second kappa shape index (κ2) is 12.3. The first-order valence-electron chi connectivity index (χ1n) is 13.9. The van der Waals surface area contributed by atoms with Crippen molar-refractivity contribution < 1.29 is 22.8 Å². The van der Waals surface area contributed by atoms with Gasteiger partial charge in [0.05, 0.1) is 10.5 Å². The fourth-order valence-electron chi connectivity index (χ4n) is 5.84. The van der Waals surface area contributed by atoms with Crippen molar-refractivity contribution in [1.29, 1.82) is 0 Å². The number of hydrogen-bond donors (Lipinski definition) is 3. The second-order valence-electron chi connectivity index (χ2n) is 11.2. The van der Waals surface area contributed by atoms with E-state index in [0.717, 1.165) is 23.4 Å². The van der Waals surface area contributed by atoms with Crippen LogP contribution in [-0.4, -0.2) is 55.1 Å². The summed E-state index contributed by atoms with van der Waals surface area (Å²) in [5.74, 6) is -0.613. The van der Waals surface area contributed by atoms with Gasteiger partial charge in [-0.05, 0) is 60.1 Å². The molecule has 2 aromatic carbocycles. The van der Waals surface area contributed by atoms with Crippen LogP contribution >= 0.6 is 11.3 Å². The standard InChI is InChI=1S/C30H35N5O5S2/c1-19-14-20(2)16-35(15-19)42(39,40)23-10-8-22(9-11-23)27(36)32-29-26(28(37)33-30(31)38)24-12-13-34(18-25(24)41-29)17-21-6-4-3-5-7-21/h3-11,19-20H,12-18H2,1-2H3,(H,32,36)(H3,31,33,37,38). The molecule has 2 aliphatic rings. The zero-order valence-corrected chi connectivity index (χ0v) is 25.3. The molecule has 2 aliphatic heterocycles. The van der Waals surface area contributed by atoms with Gasteiger partial charge in [0.15, 0.2) is 0 Å². The lowest BCUT2D eigenvalue weighted by Crippen LogP contribution is -2.42. The van der Waals surface area contributed by atoms with Gasteiger partial charge in [-0.3, -0.25) is 19.8 Å². The molecule has 0 bridgehead atoms. The van der Waals surface area contributed by atoms with Crippen LogP contribution in [0.1, 0.15) is 57.0 Å². The van der Waals surface area contributed by atoms with Crippen molar-refractivity contribution in [2.24, 2.45) is 17.6 Å². The number of amides is 4. The highest BCUT2D eigenvalue weighted by Crippen LogP contribution is 2.38. The van der Waals surface area contributed by atoms with Gasteiger partial charge in [-0.1, -0.05) is 44.2 Å². The van der Waals surface area contributed by atoms with Gasteiger partial charge in [-0.15, -0.1) is 11.3 Å². The van der Waals surface area contributed by atoms with Gasteiger partial charge >= 0.3 is 6.03 Å². The number of thiophene rings is 1. The quantitative estimate of drug-likeness (QED) is 0.369. The third-order valence-corrected chi connectivity index (χ3v) is 10.6. The highest BCUT2D eigenvalue weighted by atomic mass is 32.2. The van der Waals surface area contributed by atoms with E-state index in [0.29, 0.717) is 37.6 Å². The molecule has 4 amide bonds. The third-order valence-electron chi connectivity index (χ3n) is 7.67. The molecule has 1 aromatic heterocycles. The topological polar surface area (TPSA) is 142 Å². The van der Waals surface area contributed by atoms with E-state index in [-0.39, 0.29) is 27.9 Å². The number of hydrogen-bond acceptors (Lipinski definition) is 7. The molecular formula is C30H35N5O5S2. The molecule has 3 heterocycles. The number of piperidine rings is 1. The summed E-state index contributed by atoms with van der Waals surface area (Å²) in [6, 6.07) is 14.9. The lowest BCUT2D eigenvalue weighted by molar-refractivity contribution is 0.0965. The molecule has 2 atom stereocenters. The normalized spacial score (nSPS) is 19.6. The number of fused-ring (bicyclic) bond motifs is 1. The monoisotopic (exact) mass is 609 g/mol. The van der Waals surface area contributed by atoms with Crippen LogP contribution < -0.4 is 16.4 Å². The van der Waals surface area contributed by atoms with E-state index in [2.05, 4.69) is 27.7 Å². The minimum absolute atomic E-state index is 0.131. The number of imide groups is 1. The van der Waals surface area contributed by atoms with Gasteiger partial charge in [-0.25, -0.2) is 13.2 Å². The minimum atomic E-state index is -3.69. The Morgan fingerprint density at radius 1 is 0.976 bits per heavy atom. The molecule has 0 saturated carbocycles. The summed E-state index contributed by atoms with van der Waals surface area (Å²) in [5, 5.41) is 5.27. The third kappa shape index (κ3) is 6.57. The molecule has 12 heteroatoms. The average Bonchev–Trinajstić information content (AvgIpc) is 3.30. The molecule has 2 unspecified atom stereocenters. The van der Waals surface area contributed by atoms with Crippen LogP contribution in [0.5, 0.6) is 0 Å². The summed E-state index contributed by atoms with van der Waals surface area (Å²) in [7, 11) is -3.69. The zero-order chi connectivity index (χ0) is 30.0. The van der Waals surface area contributed by atoms with Crippen LogP contribution in [0, 0.1) is 11.8 Å². The van der Waals surface area contributed by atoms with E-state index in [4.69, 9.17) is 5.73 Å². The molecule has 42 heavy (non-hydrogen) atoms. The van der Waals surface area contributed by atoms with E-state index in [1.54, 1.807) is 0 Å². The molecule has 1 saturated heterocycles. The highest BCUT2D eigenvalue weighted by Gasteiger charge is 2.32. The highest BCUT2D eigenvalue weighted by molar-refractivity contribution is 7.89. The Hall–Kier alpha value is -3.58.